The quantitative estimate of drug-likeness (QED) is 0.463. The van der Waals surface area contributed by atoms with Crippen molar-refractivity contribution >= 4 is 0 Å². The Morgan fingerprint density at radius 1 is 0.600 bits per heavy atom. The molecule has 0 radical (unpaired) electrons. The molecule has 0 amide bonds. The van der Waals surface area contributed by atoms with E-state index >= 15 is 0 Å². The van der Waals surface area contributed by atoms with Gasteiger partial charge in [-0.05, 0) is 54.8 Å². The van der Waals surface area contributed by atoms with E-state index in [9.17, 15) is 0 Å². The highest BCUT2D eigenvalue weighted by molar-refractivity contribution is 4.91. The SMILES string of the molecule is CC1CC1.CC1CC2CC(C2)C1C.CC1CCCCC1. The summed E-state index contributed by atoms with van der Waals surface area (Å²) in [5, 5.41) is 0. The summed E-state index contributed by atoms with van der Waals surface area (Å²) in [6, 6.07) is 0. The summed E-state index contributed by atoms with van der Waals surface area (Å²) in [4.78, 5) is 0. The monoisotopic (exact) mass is 278 g/mol. The van der Waals surface area contributed by atoms with Gasteiger partial charge < -0.3 is 0 Å². The third-order valence-electron chi connectivity index (χ3n) is 6.38. The van der Waals surface area contributed by atoms with Crippen LogP contribution in [-0.4, -0.2) is 0 Å². The van der Waals surface area contributed by atoms with Crippen LogP contribution in [0.3, 0.4) is 0 Å². The highest BCUT2D eigenvalue weighted by atomic mass is 14.5. The molecule has 2 bridgehead atoms. The van der Waals surface area contributed by atoms with Crippen molar-refractivity contribution in [3.8, 4) is 0 Å². The molecule has 20 heavy (non-hydrogen) atoms. The van der Waals surface area contributed by atoms with Crippen LogP contribution in [0.2, 0.25) is 0 Å². The zero-order valence-corrected chi connectivity index (χ0v) is 14.5. The molecule has 5 rings (SSSR count). The van der Waals surface area contributed by atoms with Crippen molar-refractivity contribution in [2.75, 3.05) is 0 Å². The average molecular weight is 279 g/mol. The topological polar surface area (TPSA) is 0 Å². The third kappa shape index (κ3) is 5.41. The molecule has 0 N–H and O–H groups in total. The molecule has 2 atom stereocenters. The van der Waals surface area contributed by atoms with Crippen LogP contribution in [0, 0.1) is 35.5 Å². The Bertz CT molecular complexity index is 251. The van der Waals surface area contributed by atoms with E-state index in [-0.39, 0.29) is 0 Å². The fraction of sp³-hybridized carbons (Fsp3) is 1.00. The minimum absolute atomic E-state index is 1.03. The summed E-state index contributed by atoms with van der Waals surface area (Å²) < 4.78 is 0. The van der Waals surface area contributed by atoms with E-state index in [1.807, 2.05) is 0 Å². The van der Waals surface area contributed by atoms with Crippen molar-refractivity contribution in [3.05, 3.63) is 0 Å². The molecule has 0 aromatic heterocycles. The van der Waals surface area contributed by atoms with Crippen molar-refractivity contribution in [2.24, 2.45) is 35.5 Å². The number of rotatable bonds is 0. The van der Waals surface area contributed by atoms with E-state index in [0.29, 0.717) is 0 Å². The first-order valence-electron chi connectivity index (χ1n) is 9.56. The highest BCUT2D eigenvalue weighted by Gasteiger charge is 2.41. The van der Waals surface area contributed by atoms with Gasteiger partial charge in [-0.1, -0.05) is 72.6 Å². The molecule has 5 saturated carbocycles. The van der Waals surface area contributed by atoms with Gasteiger partial charge in [-0.25, -0.2) is 0 Å². The summed E-state index contributed by atoms with van der Waals surface area (Å²) >= 11 is 0. The molecule has 118 valence electrons. The van der Waals surface area contributed by atoms with Crippen LogP contribution < -0.4 is 0 Å². The lowest BCUT2D eigenvalue weighted by molar-refractivity contribution is 0.0154. The molecule has 5 fully saturated rings. The minimum atomic E-state index is 1.03. The van der Waals surface area contributed by atoms with Gasteiger partial charge in [-0.2, -0.15) is 0 Å². The number of hydrogen-bond acceptors (Lipinski definition) is 0. The third-order valence-corrected chi connectivity index (χ3v) is 6.38. The molecule has 0 spiro atoms. The van der Waals surface area contributed by atoms with Crippen molar-refractivity contribution in [1.29, 1.82) is 0 Å². The van der Waals surface area contributed by atoms with E-state index in [1.165, 1.54) is 51.4 Å². The fourth-order valence-electron chi connectivity index (χ4n) is 4.09. The fourth-order valence-corrected chi connectivity index (χ4v) is 4.09. The van der Waals surface area contributed by atoms with Crippen LogP contribution in [0.15, 0.2) is 0 Å². The molecule has 0 aromatic rings. The first-order chi connectivity index (χ1) is 9.56. The Labute approximate surface area is 128 Å². The standard InChI is InChI=1S/C9H16.C7H14.C4H8/c1-6-3-8-4-9(5-8)7(6)2;1-7-5-3-2-4-6-7;1-4-2-3-4/h6-9H,3-5H2,1-2H3;7H,2-6H2,1H3;4H,2-3H2,1H3. The number of hydrogen-bond donors (Lipinski definition) is 0. The van der Waals surface area contributed by atoms with Crippen LogP contribution >= 0.6 is 0 Å². The summed E-state index contributed by atoms with van der Waals surface area (Å²) in [7, 11) is 0. The van der Waals surface area contributed by atoms with Gasteiger partial charge in [0.25, 0.3) is 0 Å². The smallest absolute Gasteiger partial charge is 0.0381 e. The lowest BCUT2D eigenvalue weighted by Gasteiger charge is -2.49. The molecule has 0 aliphatic heterocycles. The summed E-state index contributed by atoms with van der Waals surface area (Å²) in [5.74, 6) is 6.45. The predicted molar refractivity (Wildman–Crippen MR) is 89.8 cm³/mol. The van der Waals surface area contributed by atoms with Crippen LogP contribution in [0.25, 0.3) is 0 Å². The van der Waals surface area contributed by atoms with E-state index in [1.54, 1.807) is 12.8 Å². The maximum Gasteiger partial charge on any atom is -0.0381 e. The molecule has 0 saturated heterocycles. The summed E-state index contributed by atoms with van der Waals surface area (Å²) in [5.41, 5.74) is 0. The predicted octanol–water partition coefficient (Wildman–Crippen LogP) is 6.69. The van der Waals surface area contributed by atoms with E-state index in [4.69, 9.17) is 0 Å². The van der Waals surface area contributed by atoms with E-state index in [0.717, 1.165) is 35.5 Å². The largest absolute Gasteiger partial charge is 0.0625 e. The lowest BCUT2D eigenvalue weighted by atomic mass is 9.57. The van der Waals surface area contributed by atoms with Gasteiger partial charge in [-0.15, -0.1) is 0 Å². The summed E-state index contributed by atoms with van der Waals surface area (Å²) in [6.45, 7) is 9.49. The normalized spacial score (nSPS) is 39.6. The Morgan fingerprint density at radius 2 is 1.15 bits per heavy atom. The second kappa shape index (κ2) is 7.85. The Morgan fingerprint density at radius 3 is 1.40 bits per heavy atom. The summed E-state index contributed by atoms with van der Waals surface area (Å²) in [6.07, 6.45) is 15.1. The highest BCUT2D eigenvalue weighted by Crippen LogP contribution is 2.51. The van der Waals surface area contributed by atoms with Crippen LogP contribution in [0.1, 0.15) is 91.9 Å². The van der Waals surface area contributed by atoms with Crippen LogP contribution in [0.4, 0.5) is 0 Å². The maximum absolute atomic E-state index is 2.44. The van der Waals surface area contributed by atoms with Crippen LogP contribution in [-0.2, 0) is 0 Å². The molecule has 5 aliphatic carbocycles. The average Bonchev–Trinajstić information content (AvgIpc) is 3.16. The van der Waals surface area contributed by atoms with E-state index in [2.05, 4.69) is 27.7 Å². The van der Waals surface area contributed by atoms with Gasteiger partial charge in [0.05, 0.1) is 0 Å². The lowest BCUT2D eigenvalue weighted by Crippen LogP contribution is -2.39. The van der Waals surface area contributed by atoms with Crippen molar-refractivity contribution in [1.82, 2.24) is 0 Å². The molecule has 0 heterocycles. The van der Waals surface area contributed by atoms with Crippen LogP contribution in [0.5, 0.6) is 0 Å². The van der Waals surface area contributed by atoms with Gasteiger partial charge in [-0.3, -0.25) is 0 Å². The Balaban J connectivity index is 0.000000119. The minimum Gasteiger partial charge on any atom is -0.0625 e. The number of fused-ring (bicyclic) bond motifs is 2. The second-order valence-electron chi connectivity index (χ2n) is 8.60. The molecule has 2 unspecified atom stereocenters. The van der Waals surface area contributed by atoms with Gasteiger partial charge in [0.15, 0.2) is 0 Å². The van der Waals surface area contributed by atoms with Gasteiger partial charge >= 0.3 is 0 Å². The molecule has 0 heteroatoms. The second-order valence-corrected chi connectivity index (χ2v) is 8.60. The zero-order valence-electron chi connectivity index (χ0n) is 14.5. The Hall–Kier alpha value is 0. The Kier molecular flexibility index (Phi) is 6.43. The molecular formula is C20H38. The molecule has 5 aliphatic rings. The zero-order chi connectivity index (χ0) is 14.5. The first-order valence-corrected chi connectivity index (χ1v) is 9.56. The van der Waals surface area contributed by atoms with Crippen molar-refractivity contribution in [2.45, 2.75) is 91.9 Å². The molecular weight excluding hydrogens is 240 g/mol. The maximum atomic E-state index is 2.44. The van der Waals surface area contributed by atoms with E-state index < -0.39 is 0 Å². The van der Waals surface area contributed by atoms with Gasteiger partial charge in [0.2, 0.25) is 0 Å². The van der Waals surface area contributed by atoms with Gasteiger partial charge in [0.1, 0.15) is 0 Å². The molecule has 0 nitrogen and oxygen atoms in total. The van der Waals surface area contributed by atoms with Crippen molar-refractivity contribution < 1.29 is 0 Å². The molecule has 0 aromatic carbocycles. The van der Waals surface area contributed by atoms with Crippen molar-refractivity contribution in [3.63, 3.8) is 0 Å². The van der Waals surface area contributed by atoms with Gasteiger partial charge in [0, 0.05) is 0 Å². The first kappa shape index (κ1) is 16.4.